The van der Waals surface area contributed by atoms with Crippen LogP contribution in [-0.2, 0) is 6.54 Å². The average Bonchev–Trinajstić information content (AvgIpc) is 3.48. The highest BCUT2D eigenvalue weighted by Gasteiger charge is 2.25. The number of anilines is 1. The van der Waals surface area contributed by atoms with Gasteiger partial charge in [-0.05, 0) is 41.8 Å². The van der Waals surface area contributed by atoms with Gasteiger partial charge >= 0.3 is 0 Å². The zero-order valence-corrected chi connectivity index (χ0v) is 17.0. The summed E-state index contributed by atoms with van der Waals surface area (Å²) in [5.41, 5.74) is 3.18. The molecule has 1 aliphatic heterocycles. The van der Waals surface area contributed by atoms with Gasteiger partial charge in [0, 0.05) is 38.3 Å². The summed E-state index contributed by atoms with van der Waals surface area (Å²) in [6.07, 6.45) is 2.61. The van der Waals surface area contributed by atoms with Crippen molar-refractivity contribution in [3.05, 3.63) is 89.9 Å². The number of aliphatic imine (C=N–C) groups is 1. The van der Waals surface area contributed by atoms with E-state index in [1.165, 1.54) is 11.8 Å². The number of hydrogen-bond acceptors (Lipinski definition) is 3. The highest BCUT2D eigenvalue weighted by Crippen LogP contribution is 2.26. The number of carbonyl (C=O) groups is 1. The lowest BCUT2D eigenvalue weighted by atomic mass is 9.99. The van der Waals surface area contributed by atoms with Crippen LogP contribution in [0.25, 0.3) is 0 Å². The first-order valence-corrected chi connectivity index (χ1v) is 10.2. The quantitative estimate of drug-likeness (QED) is 0.498. The fourth-order valence-electron chi connectivity index (χ4n) is 3.82. The number of carbonyl (C=O) groups excluding carboxylic acids is 1. The van der Waals surface area contributed by atoms with Gasteiger partial charge in [-0.3, -0.25) is 9.79 Å². The van der Waals surface area contributed by atoms with E-state index in [0.717, 1.165) is 36.7 Å². The Morgan fingerprint density at radius 3 is 2.77 bits per heavy atom. The minimum Gasteiger partial charge on any atom is -0.459 e. The van der Waals surface area contributed by atoms with Crippen molar-refractivity contribution in [1.82, 2.24) is 10.2 Å². The Kier molecular flexibility index (Phi) is 6.13. The Bertz CT molecular complexity index is 999. The molecule has 1 unspecified atom stereocenters. The normalized spacial score (nSPS) is 16.5. The van der Waals surface area contributed by atoms with Crippen LogP contribution in [0.3, 0.4) is 0 Å². The summed E-state index contributed by atoms with van der Waals surface area (Å²) in [6.45, 7) is 2.57. The summed E-state index contributed by atoms with van der Waals surface area (Å²) in [5, 5.41) is 6.32. The molecule has 1 fully saturated rings. The third-order valence-corrected chi connectivity index (χ3v) is 5.35. The fraction of sp³-hybridized carbons (Fsp3) is 0.250. The zero-order valence-electron chi connectivity index (χ0n) is 17.0. The fourth-order valence-corrected chi connectivity index (χ4v) is 3.82. The van der Waals surface area contributed by atoms with E-state index < -0.39 is 0 Å². The highest BCUT2D eigenvalue weighted by atomic mass is 16.3. The summed E-state index contributed by atoms with van der Waals surface area (Å²) in [4.78, 5) is 18.9. The van der Waals surface area contributed by atoms with Gasteiger partial charge in [0.15, 0.2) is 11.7 Å². The maximum Gasteiger partial charge on any atom is 0.291 e. The zero-order chi connectivity index (χ0) is 20.8. The number of amides is 1. The lowest BCUT2D eigenvalue weighted by molar-refractivity contribution is 0.0996. The van der Waals surface area contributed by atoms with Gasteiger partial charge in [0.1, 0.15) is 0 Å². The van der Waals surface area contributed by atoms with Gasteiger partial charge in [0.25, 0.3) is 5.91 Å². The summed E-state index contributed by atoms with van der Waals surface area (Å²) < 4.78 is 5.14. The predicted molar refractivity (Wildman–Crippen MR) is 119 cm³/mol. The summed E-state index contributed by atoms with van der Waals surface area (Å²) in [5.74, 6) is 1.47. The molecule has 1 saturated heterocycles. The van der Waals surface area contributed by atoms with Crippen molar-refractivity contribution in [2.24, 2.45) is 4.99 Å². The van der Waals surface area contributed by atoms with Crippen LogP contribution in [0.2, 0.25) is 0 Å². The first kappa shape index (κ1) is 19.8. The van der Waals surface area contributed by atoms with Gasteiger partial charge in [-0.25, -0.2) is 0 Å². The van der Waals surface area contributed by atoms with Crippen molar-refractivity contribution >= 4 is 17.6 Å². The van der Waals surface area contributed by atoms with Gasteiger partial charge in [-0.15, -0.1) is 0 Å². The van der Waals surface area contributed by atoms with E-state index in [1.54, 1.807) is 12.1 Å². The highest BCUT2D eigenvalue weighted by molar-refractivity contribution is 6.02. The number of rotatable bonds is 5. The molecule has 2 N–H and O–H groups in total. The van der Waals surface area contributed by atoms with Gasteiger partial charge in [0.05, 0.1) is 6.26 Å². The number of nitrogens with one attached hydrogen (secondary N) is 2. The van der Waals surface area contributed by atoms with Crippen LogP contribution < -0.4 is 10.6 Å². The van der Waals surface area contributed by atoms with Crippen molar-refractivity contribution in [3.63, 3.8) is 0 Å². The second-order valence-electron chi connectivity index (χ2n) is 7.37. The number of furan rings is 1. The third-order valence-electron chi connectivity index (χ3n) is 5.35. The van der Waals surface area contributed by atoms with Crippen molar-refractivity contribution in [3.8, 4) is 0 Å². The Labute approximate surface area is 176 Å². The molecule has 0 aliphatic carbocycles. The van der Waals surface area contributed by atoms with Crippen molar-refractivity contribution in [2.75, 3.05) is 25.5 Å². The van der Waals surface area contributed by atoms with Gasteiger partial charge < -0.3 is 20.0 Å². The molecule has 1 aliphatic rings. The van der Waals surface area contributed by atoms with Crippen molar-refractivity contribution in [1.29, 1.82) is 0 Å². The first-order valence-electron chi connectivity index (χ1n) is 10.2. The molecule has 6 heteroatoms. The van der Waals surface area contributed by atoms with E-state index in [9.17, 15) is 4.79 Å². The number of benzene rings is 2. The lowest BCUT2D eigenvalue weighted by Gasteiger charge is -2.22. The molecule has 154 valence electrons. The van der Waals surface area contributed by atoms with Gasteiger partial charge in [-0.1, -0.05) is 42.5 Å². The molecule has 30 heavy (non-hydrogen) atoms. The molecule has 1 atom stereocenters. The van der Waals surface area contributed by atoms with Crippen LogP contribution in [-0.4, -0.2) is 36.9 Å². The molecule has 0 spiro atoms. The second kappa shape index (κ2) is 9.31. The molecule has 1 aromatic heterocycles. The SMILES string of the molecule is CN=C(NCc1cccc(NC(=O)c2ccco2)c1)N1CCC(c2ccccc2)C1. The molecule has 1 amide bonds. The van der Waals surface area contributed by atoms with Gasteiger partial charge in [0.2, 0.25) is 0 Å². The van der Waals surface area contributed by atoms with Crippen LogP contribution in [0.4, 0.5) is 5.69 Å². The van der Waals surface area contributed by atoms with Crippen molar-refractivity contribution < 1.29 is 9.21 Å². The monoisotopic (exact) mass is 402 g/mol. The van der Waals surface area contributed by atoms with Gasteiger partial charge in [-0.2, -0.15) is 0 Å². The minimum absolute atomic E-state index is 0.259. The van der Waals surface area contributed by atoms with E-state index in [2.05, 4.69) is 50.9 Å². The van der Waals surface area contributed by atoms with Crippen molar-refractivity contribution in [2.45, 2.75) is 18.9 Å². The number of guanidine groups is 1. The minimum atomic E-state index is -0.259. The number of hydrogen-bond donors (Lipinski definition) is 2. The molecule has 3 aromatic rings. The molecule has 2 aromatic carbocycles. The molecule has 0 saturated carbocycles. The molecule has 4 rings (SSSR count). The van der Waals surface area contributed by atoms with E-state index in [-0.39, 0.29) is 5.91 Å². The molecule has 6 nitrogen and oxygen atoms in total. The largest absolute Gasteiger partial charge is 0.459 e. The first-order chi connectivity index (χ1) is 14.7. The average molecular weight is 402 g/mol. The van der Waals surface area contributed by atoms with E-state index >= 15 is 0 Å². The smallest absolute Gasteiger partial charge is 0.291 e. The Hall–Kier alpha value is -3.54. The van der Waals surface area contributed by atoms with Crippen LogP contribution in [0.15, 0.2) is 82.4 Å². The maximum atomic E-state index is 12.2. The van der Waals surface area contributed by atoms with Crippen LogP contribution in [0.1, 0.15) is 34.0 Å². The molecule has 0 bridgehead atoms. The van der Waals surface area contributed by atoms with E-state index in [4.69, 9.17) is 4.42 Å². The standard InChI is InChI=1S/C24H26N4O2/c1-25-24(28-13-12-20(17-28)19-8-3-2-4-9-19)26-16-18-7-5-10-21(15-18)27-23(29)22-11-6-14-30-22/h2-11,14-15,20H,12-13,16-17H2,1H3,(H,25,26)(H,27,29). The number of likely N-dealkylation sites (tertiary alicyclic amines) is 1. The Morgan fingerprint density at radius 1 is 1.13 bits per heavy atom. The van der Waals surface area contributed by atoms with E-state index in [1.807, 2.05) is 31.3 Å². The van der Waals surface area contributed by atoms with E-state index in [0.29, 0.717) is 18.2 Å². The second-order valence-corrected chi connectivity index (χ2v) is 7.37. The Balaban J connectivity index is 1.34. The maximum absolute atomic E-state index is 12.2. The molecule has 2 heterocycles. The van der Waals surface area contributed by atoms with Crippen LogP contribution in [0.5, 0.6) is 0 Å². The molecular formula is C24H26N4O2. The van der Waals surface area contributed by atoms with Crippen LogP contribution >= 0.6 is 0 Å². The topological polar surface area (TPSA) is 69.9 Å². The predicted octanol–water partition coefficient (Wildman–Crippen LogP) is 4.10. The molecular weight excluding hydrogens is 376 g/mol. The lowest BCUT2D eigenvalue weighted by Crippen LogP contribution is -2.39. The summed E-state index contributed by atoms with van der Waals surface area (Å²) in [6, 6.07) is 21.8. The summed E-state index contributed by atoms with van der Waals surface area (Å²) >= 11 is 0. The third kappa shape index (κ3) is 4.71. The number of nitrogens with zero attached hydrogens (tertiary/aromatic N) is 2. The molecule has 0 radical (unpaired) electrons. The van der Waals surface area contributed by atoms with Crippen LogP contribution in [0, 0.1) is 0 Å². The Morgan fingerprint density at radius 2 is 2.00 bits per heavy atom. The summed E-state index contributed by atoms with van der Waals surface area (Å²) in [7, 11) is 1.82.